The molecular formula is C18H29N. The van der Waals surface area contributed by atoms with Gasteiger partial charge in [-0.25, -0.2) is 0 Å². The molecule has 1 atom stereocenters. The van der Waals surface area contributed by atoms with E-state index in [4.69, 9.17) is 0 Å². The van der Waals surface area contributed by atoms with Gasteiger partial charge in [0.25, 0.3) is 0 Å². The van der Waals surface area contributed by atoms with Gasteiger partial charge in [-0.05, 0) is 61.1 Å². The number of rotatable bonds is 5. The summed E-state index contributed by atoms with van der Waals surface area (Å²) < 4.78 is 0. The number of benzene rings is 1. The van der Waals surface area contributed by atoms with Crippen LogP contribution in [-0.4, -0.2) is 6.54 Å². The lowest BCUT2D eigenvalue weighted by molar-refractivity contribution is 0.314. The largest absolute Gasteiger partial charge is 0.310 e. The van der Waals surface area contributed by atoms with Gasteiger partial charge in [-0.2, -0.15) is 0 Å². The highest BCUT2D eigenvalue weighted by molar-refractivity contribution is 5.35. The van der Waals surface area contributed by atoms with Gasteiger partial charge in [0.05, 0.1) is 0 Å². The third-order valence-electron chi connectivity index (χ3n) is 4.72. The highest BCUT2D eigenvalue weighted by atomic mass is 14.9. The second kappa shape index (κ2) is 6.09. The number of fused-ring (bicyclic) bond motifs is 1. The lowest BCUT2D eigenvalue weighted by Crippen LogP contribution is -2.30. The molecule has 0 radical (unpaired) electrons. The highest BCUT2D eigenvalue weighted by Gasteiger charge is 2.17. The Morgan fingerprint density at radius 3 is 2.53 bits per heavy atom. The Morgan fingerprint density at radius 1 is 1.16 bits per heavy atom. The van der Waals surface area contributed by atoms with Crippen molar-refractivity contribution >= 4 is 0 Å². The van der Waals surface area contributed by atoms with Gasteiger partial charge < -0.3 is 5.32 Å². The van der Waals surface area contributed by atoms with Crippen molar-refractivity contribution < 1.29 is 0 Å². The Morgan fingerprint density at radius 2 is 1.84 bits per heavy atom. The Bertz CT molecular complexity index is 420. The van der Waals surface area contributed by atoms with E-state index in [2.05, 4.69) is 51.2 Å². The van der Waals surface area contributed by atoms with Crippen molar-refractivity contribution in [3.8, 4) is 0 Å². The topological polar surface area (TPSA) is 12.0 Å². The molecule has 106 valence electrons. The van der Waals surface area contributed by atoms with E-state index in [0.29, 0.717) is 11.5 Å². The second-order valence-corrected chi connectivity index (χ2v) is 6.86. The first-order chi connectivity index (χ1) is 9.02. The van der Waals surface area contributed by atoms with Crippen molar-refractivity contribution in [2.45, 2.75) is 65.8 Å². The van der Waals surface area contributed by atoms with E-state index in [1.165, 1.54) is 37.7 Å². The van der Waals surface area contributed by atoms with Crippen molar-refractivity contribution in [2.75, 3.05) is 6.54 Å². The lowest BCUT2D eigenvalue weighted by atomic mass is 9.88. The molecule has 0 saturated heterocycles. The standard InChI is InChI=1S/C18H29N/c1-5-18(3,4)13-19-14(2)16-11-10-15-8-6-7-9-17(15)12-16/h10-12,14,19H,5-9,13H2,1-4H3. The predicted octanol–water partition coefficient (Wildman–Crippen LogP) is 4.65. The fourth-order valence-electron chi connectivity index (χ4n) is 2.69. The molecule has 1 aromatic carbocycles. The maximum atomic E-state index is 3.70. The predicted molar refractivity (Wildman–Crippen MR) is 83.6 cm³/mol. The SMILES string of the molecule is CCC(C)(C)CNC(C)c1ccc2c(c1)CCCC2. The van der Waals surface area contributed by atoms with Gasteiger partial charge in [-0.1, -0.05) is 39.0 Å². The molecule has 0 saturated carbocycles. The fraction of sp³-hybridized carbons (Fsp3) is 0.667. The van der Waals surface area contributed by atoms with Crippen LogP contribution < -0.4 is 5.32 Å². The monoisotopic (exact) mass is 259 g/mol. The van der Waals surface area contributed by atoms with Crippen molar-refractivity contribution in [1.29, 1.82) is 0 Å². The van der Waals surface area contributed by atoms with Crippen LogP contribution >= 0.6 is 0 Å². The van der Waals surface area contributed by atoms with Gasteiger partial charge in [0.2, 0.25) is 0 Å². The number of aryl methyl sites for hydroxylation is 2. The van der Waals surface area contributed by atoms with Crippen LogP contribution in [-0.2, 0) is 12.8 Å². The minimum atomic E-state index is 0.391. The van der Waals surface area contributed by atoms with Crippen LogP contribution in [0.15, 0.2) is 18.2 Å². The minimum Gasteiger partial charge on any atom is -0.310 e. The molecular weight excluding hydrogens is 230 g/mol. The van der Waals surface area contributed by atoms with Crippen molar-refractivity contribution in [1.82, 2.24) is 5.32 Å². The highest BCUT2D eigenvalue weighted by Crippen LogP contribution is 2.25. The molecule has 0 aliphatic heterocycles. The molecule has 1 heteroatoms. The number of hydrogen-bond acceptors (Lipinski definition) is 1. The maximum Gasteiger partial charge on any atom is 0.0292 e. The van der Waals surface area contributed by atoms with E-state index in [1.54, 1.807) is 11.1 Å². The number of hydrogen-bond donors (Lipinski definition) is 1. The maximum absolute atomic E-state index is 3.70. The van der Waals surface area contributed by atoms with Gasteiger partial charge in [0, 0.05) is 12.6 Å². The summed E-state index contributed by atoms with van der Waals surface area (Å²) in [5, 5.41) is 3.70. The smallest absolute Gasteiger partial charge is 0.0292 e. The number of nitrogens with one attached hydrogen (secondary N) is 1. The zero-order valence-electron chi connectivity index (χ0n) is 13.1. The molecule has 2 rings (SSSR count). The molecule has 0 spiro atoms. The summed E-state index contributed by atoms with van der Waals surface area (Å²) in [6, 6.07) is 7.57. The molecule has 0 aromatic heterocycles. The van der Waals surface area contributed by atoms with Crippen LogP contribution in [0.5, 0.6) is 0 Å². The molecule has 1 aliphatic carbocycles. The molecule has 1 nitrogen and oxygen atoms in total. The summed E-state index contributed by atoms with van der Waals surface area (Å²) in [5.74, 6) is 0. The van der Waals surface area contributed by atoms with Gasteiger partial charge in [0.1, 0.15) is 0 Å². The first kappa shape index (κ1) is 14.6. The van der Waals surface area contributed by atoms with Crippen LogP contribution in [0.25, 0.3) is 0 Å². The Labute approximate surface area is 118 Å². The quantitative estimate of drug-likeness (QED) is 0.811. The van der Waals surface area contributed by atoms with Gasteiger partial charge in [-0.3, -0.25) is 0 Å². The van der Waals surface area contributed by atoms with E-state index >= 15 is 0 Å². The van der Waals surface area contributed by atoms with Crippen LogP contribution in [0.4, 0.5) is 0 Å². The summed E-state index contributed by atoms with van der Waals surface area (Å²) in [5.41, 5.74) is 5.01. The van der Waals surface area contributed by atoms with E-state index in [0.717, 1.165) is 6.54 Å². The Balaban J connectivity index is 2.01. The molecule has 1 N–H and O–H groups in total. The average Bonchev–Trinajstić information content (AvgIpc) is 2.44. The first-order valence-electron chi connectivity index (χ1n) is 7.87. The molecule has 0 amide bonds. The molecule has 1 unspecified atom stereocenters. The molecule has 19 heavy (non-hydrogen) atoms. The normalized spacial score (nSPS) is 17.1. The van der Waals surface area contributed by atoms with Crippen molar-refractivity contribution in [3.63, 3.8) is 0 Å². The summed E-state index contributed by atoms with van der Waals surface area (Å²) >= 11 is 0. The van der Waals surface area contributed by atoms with Gasteiger partial charge >= 0.3 is 0 Å². The third kappa shape index (κ3) is 3.82. The van der Waals surface area contributed by atoms with Gasteiger partial charge in [0.15, 0.2) is 0 Å². The second-order valence-electron chi connectivity index (χ2n) is 6.86. The third-order valence-corrected chi connectivity index (χ3v) is 4.72. The molecule has 1 aromatic rings. The van der Waals surface area contributed by atoms with Crippen LogP contribution in [0.1, 0.15) is 69.7 Å². The van der Waals surface area contributed by atoms with Crippen LogP contribution in [0, 0.1) is 5.41 Å². The van der Waals surface area contributed by atoms with E-state index in [-0.39, 0.29) is 0 Å². The molecule has 1 aliphatic rings. The molecule has 0 bridgehead atoms. The van der Waals surface area contributed by atoms with Crippen LogP contribution in [0.2, 0.25) is 0 Å². The fourth-order valence-corrected chi connectivity index (χ4v) is 2.69. The summed E-state index contributed by atoms with van der Waals surface area (Å²) in [7, 11) is 0. The molecule has 0 heterocycles. The average molecular weight is 259 g/mol. The summed E-state index contributed by atoms with van der Waals surface area (Å²) in [6.07, 6.45) is 6.50. The van der Waals surface area contributed by atoms with E-state index < -0.39 is 0 Å². The zero-order chi connectivity index (χ0) is 13.9. The molecule has 0 fully saturated rings. The van der Waals surface area contributed by atoms with E-state index in [9.17, 15) is 0 Å². The van der Waals surface area contributed by atoms with E-state index in [1.807, 2.05) is 0 Å². The summed E-state index contributed by atoms with van der Waals surface area (Å²) in [6.45, 7) is 10.3. The Hall–Kier alpha value is -0.820. The van der Waals surface area contributed by atoms with Crippen molar-refractivity contribution in [3.05, 3.63) is 34.9 Å². The Kier molecular flexibility index (Phi) is 4.67. The first-order valence-corrected chi connectivity index (χ1v) is 7.87. The van der Waals surface area contributed by atoms with Gasteiger partial charge in [-0.15, -0.1) is 0 Å². The summed E-state index contributed by atoms with van der Waals surface area (Å²) in [4.78, 5) is 0. The van der Waals surface area contributed by atoms with Crippen LogP contribution in [0.3, 0.4) is 0 Å². The zero-order valence-corrected chi connectivity index (χ0v) is 13.1. The minimum absolute atomic E-state index is 0.391. The lowest BCUT2D eigenvalue weighted by Gasteiger charge is -2.26. The van der Waals surface area contributed by atoms with Crippen molar-refractivity contribution in [2.24, 2.45) is 5.41 Å².